The molecular formula is C24H31Br3S2. The van der Waals surface area contributed by atoms with Crippen molar-refractivity contribution in [3.05, 3.63) is 40.5 Å². The molecule has 0 aromatic carbocycles. The second kappa shape index (κ2) is 21.2. The molecule has 2 aromatic heterocycles. The fraction of sp³-hybridized carbons (Fsp3) is 0.500. The second-order valence-electron chi connectivity index (χ2n) is 6.33. The summed E-state index contributed by atoms with van der Waals surface area (Å²) in [5.74, 6) is 9.02. The molecule has 0 aliphatic heterocycles. The maximum Gasteiger partial charge on any atom is 0.0494 e. The van der Waals surface area contributed by atoms with Crippen molar-refractivity contribution < 1.29 is 0 Å². The molecule has 0 fully saturated rings. The first-order valence-electron chi connectivity index (χ1n) is 10.1. The predicted octanol–water partition coefficient (Wildman–Crippen LogP) is 10.7. The van der Waals surface area contributed by atoms with Crippen molar-refractivity contribution in [1.29, 1.82) is 0 Å². The van der Waals surface area contributed by atoms with Gasteiger partial charge in [0.1, 0.15) is 0 Å². The molecule has 0 atom stereocenters. The van der Waals surface area contributed by atoms with E-state index in [9.17, 15) is 0 Å². The van der Waals surface area contributed by atoms with E-state index in [4.69, 9.17) is 6.42 Å². The lowest BCUT2D eigenvalue weighted by atomic mass is 10.1. The Balaban J connectivity index is 0.000000444. The van der Waals surface area contributed by atoms with Gasteiger partial charge in [0, 0.05) is 53.3 Å². The van der Waals surface area contributed by atoms with E-state index in [2.05, 4.69) is 90.2 Å². The SMILES string of the molecule is Brc1cscc1Br.C#CCCCCCC.CCCCCCC#Cc1cscc1Br. The summed E-state index contributed by atoms with van der Waals surface area (Å²) in [6.45, 7) is 4.43. The van der Waals surface area contributed by atoms with Crippen molar-refractivity contribution in [2.24, 2.45) is 0 Å². The van der Waals surface area contributed by atoms with Crippen LogP contribution in [0.2, 0.25) is 0 Å². The summed E-state index contributed by atoms with van der Waals surface area (Å²) in [4.78, 5) is 0. The highest BCUT2D eigenvalue weighted by Crippen LogP contribution is 2.26. The summed E-state index contributed by atoms with van der Waals surface area (Å²) in [7, 11) is 0. The minimum Gasteiger partial charge on any atom is -0.150 e. The highest BCUT2D eigenvalue weighted by molar-refractivity contribution is 9.13. The van der Waals surface area contributed by atoms with Crippen LogP contribution in [0.15, 0.2) is 34.9 Å². The summed E-state index contributed by atoms with van der Waals surface area (Å²) in [5, 5.41) is 8.22. The number of hydrogen-bond donors (Lipinski definition) is 0. The van der Waals surface area contributed by atoms with E-state index < -0.39 is 0 Å². The van der Waals surface area contributed by atoms with Crippen molar-refractivity contribution in [1.82, 2.24) is 0 Å². The third kappa shape index (κ3) is 17.3. The third-order valence-electron chi connectivity index (χ3n) is 3.74. The number of rotatable bonds is 8. The van der Waals surface area contributed by atoms with Gasteiger partial charge in [0.25, 0.3) is 0 Å². The number of halogens is 3. The van der Waals surface area contributed by atoms with Crippen molar-refractivity contribution in [3.8, 4) is 24.2 Å². The average molecular weight is 623 g/mol. The van der Waals surface area contributed by atoms with Crippen LogP contribution in [-0.4, -0.2) is 0 Å². The Kier molecular flexibility index (Phi) is 21.2. The van der Waals surface area contributed by atoms with Gasteiger partial charge in [-0.1, -0.05) is 64.2 Å². The number of unbranched alkanes of at least 4 members (excludes halogenated alkanes) is 8. The standard InChI is InChI=1S/C12H15BrS.C8H14.C4H2Br2S/c1-2-3-4-5-6-7-8-11-9-14-10-12(11)13;1-3-5-7-8-6-4-2;5-3-1-7-2-4(3)6/h9-10H,2-6H2,1H3;1H,4-8H2,2H3;1-2H. The fourth-order valence-corrected chi connectivity index (χ4v) is 5.15. The Hall–Kier alpha value is -0.0400. The first-order chi connectivity index (χ1) is 14.1. The van der Waals surface area contributed by atoms with Gasteiger partial charge in [-0.15, -0.1) is 23.7 Å². The van der Waals surface area contributed by atoms with Crippen molar-refractivity contribution >= 4 is 70.5 Å². The molecule has 2 heterocycles. The smallest absolute Gasteiger partial charge is 0.0494 e. The average Bonchev–Trinajstić information content (AvgIpc) is 3.30. The summed E-state index contributed by atoms with van der Waals surface area (Å²) < 4.78 is 3.40. The fourth-order valence-electron chi connectivity index (χ4n) is 2.09. The molecule has 160 valence electrons. The molecule has 0 spiro atoms. The van der Waals surface area contributed by atoms with Crippen LogP contribution >= 0.6 is 70.5 Å². The topological polar surface area (TPSA) is 0 Å². The summed E-state index contributed by atoms with van der Waals surface area (Å²) in [5.41, 5.74) is 1.13. The lowest BCUT2D eigenvalue weighted by Gasteiger charge is -1.91. The zero-order valence-electron chi connectivity index (χ0n) is 17.4. The third-order valence-corrected chi connectivity index (χ3v) is 8.64. The molecule has 2 rings (SSSR count). The molecule has 0 aliphatic carbocycles. The Labute approximate surface area is 211 Å². The van der Waals surface area contributed by atoms with E-state index >= 15 is 0 Å². The summed E-state index contributed by atoms with van der Waals surface area (Å²) in [6, 6.07) is 0. The van der Waals surface area contributed by atoms with Crippen molar-refractivity contribution in [2.75, 3.05) is 0 Å². The zero-order chi connectivity index (χ0) is 21.7. The summed E-state index contributed by atoms with van der Waals surface area (Å²) in [6.07, 6.45) is 17.4. The van der Waals surface area contributed by atoms with Gasteiger partial charge in [0.15, 0.2) is 0 Å². The van der Waals surface area contributed by atoms with E-state index in [1.54, 1.807) is 22.7 Å². The molecule has 0 nitrogen and oxygen atoms in total. The van der Waals surface area contributed by atoms with Crippen LogP contribution in [0.3, 0.4) is 0 Å². The van der Waals surface area contributed by atoms with Crippen LogP contribution in [0, 0.1) is 24.2 Å². The van der Waals surface area contributed by atoms with E-state index in [0.29, 0.717) is 0 Å². The molecule has 5 heteroatoms. The van der Waals surface area contributed by atoms with E-state index in [1.807, 2.05) is 10.8 Å². The first kappa shape index (κ1) is 29.0. The molecular weight excluding hydrogens is 592 g/mol. The van der Waals surface area contributed by atoms with Gasteiger partial charge in [-0.3, -0.25) is 0 Å². The van der Waals surface area contributed by atoms with Gasteiger partial charge < -0.3 is 0 Å². The molecule has 0 amide bonds. The maximum atomic E-state index is 5.06. The van der Waals surface area contributed by atoms with E-state index in [1.165, 1.54) is 51.4 Å². The molecule has 0 unspecified atom stereocenters. The first-order valence-corrected chi connectivity index (χ1v) is 14.3. The molecule has 0 bridgehead atoms. The quantitative estimate of drug-likeness (QED) is 0.203. The van der Waals surface area contributed by atoms with Gasteiger partial charge in [0.2, 0.25) is 0 Å². The minimum atomic E-state index is 0.958. The van der Waals surface area contributed by atoms with Gasteiger partial charge >= 0.3 is 0 Å². The highest BCUT2D eigenvalue weighted by Gasteiger charge is 1.94. The van der Waals surface area contributed by atoms with Crippen LogP contribution in [0.5, 0.6) is 0 Å². The Bertz CT molecular complexity index is 713. The van der Waals surface area contributed by atoms with E-state index in [-0.39, 0.29) is 0 Å². The predicted molar refractivity (Wildman–Crippen MR) is 145 cm³/mol. The van der Waals surface area contributed by atoms with Gasteiger partial charge in [-0.25, -0.2) is 0 Å². The maximum absolute atomic E-state index is 5.06. The minimum absolute atomic E-state index is 0.958. The normalized spacial score (nSPS) is 9.24. The number of terminal acetylenes is 1. The van der Waals surface area contributed by atoms with Crippen LogP contribution < -0.4 is 0 Å². The van der Waals surface area contributed by atoms with Crippen molar-refractivity contribution in [3.63, 3.8) is 0 Å². The van der Waals surface area contributed by atoms with Gasteiger partial charge in [0.05, 0.1) is 0 Å². The molecule has 29 heavy (non-hydrogen) atoms. The number of thiophene rings is 2. The summed E-state index contributed by atoms with van der Waals surface area (Å²) >= 11 is 13.5. The van der Waals surface area contributed by atoms with E-state index in [0.717, 1.165) is 31.8 Å². The largest absolute Gasteiger partial charge is 0.150 e. The molecule has 0 aliphatic rings. The molecule has 0 N–H and O–H groups in total. The van der Waals surface area contributed by atoms with Crippen LogP contribution in [0.4, 0.5) is 0 Å². The Morgan fingerprint density at radius 2 is 1.24 bits per heavy atom. The van der Waals surface area contributed by atoms with Crippen LogP contribution in [0.1, 0.15) is 83.6 Å². The van der Waals surface area contributed by atoms with Gasteiger partial charge in [-0.2, -0.15) is 11.3 Å². The molecule has 0 radical (unpaired) electrons. The Morgan fingerprint density at radius 3 is 1.66 bits per heavy atom. The van der Waals surface area contributed by atoms with Crippen LogP contribution in [-0.2, 0) is 0 Å². The number of hydrogen-bond acceptors (Lipinski definition) is 2. The van der Waals surface area contributed by atoms with Gasteiger partial charge in [-0.05, 0) is 60.6 Å². The second-order valence-corrected chi connectivity index (χ2v) is 10.4. The molecule has 0 saturated heterocycles. The lowest BCUT2D eigenvalue weighted by Crippen LogP contribution is -1.74. The van der Waals surface area contributed by atoms with Crippen LogP contribution in [0.25, 0.3) is 0 Å². The van der Waals surface area contributed by atoms with Crippen molar-refractivity contribution in [2.45, 2.75) is 78.1 Å². The lowest BCUT2D eigenvalue weighted by molar-refractivity contribution is 0.679. The Morgan fingerprint density at radius 1 is 0.724 bits per heavy atom. The highest BCUT2D eigenvalue weighted by atomic mass is 79.9. The zero-order valence-corrected chi connectivity index (χ0v) is 23.8. The molecule has 0 saturated carbocycles. The monoisotopic (exact) mass is 620 g/mol. The molecule has 2 aromatic rings.